The maximum absolute atomic E-state index is 12.7. The minimum atomic E-state index is 0.0493. The Labute approximate surface area is 168 Å². The molecular formula is C23H32N4O. The largest absolute Gasteiger partial charge is 0.372 e. The van der Waals surface area contributed by atoms with Gasteiger partial charge in [-0.3, -0.25) is 4.79 Å². The first-order chi connectivity index (χ1) is 13.6. The van der Waals surface area contributed by atoms with Crippen molar-refractivity contribution in [2.45, 2.75) is 46.5 Å². The van der Waals surface area contributed by atoms with Gasteiger partial charge in [-0.2, -0.15) is 0 Å². The van der Waals surface area contributed by atoms with Crippen molar-refractivity contribution in [1.29, 1.82) is 0 Å². The highest BCUT2D eigenvalue weighted by atomic mass is 16.2. The summed E-state index contributed by atoms with van der Waals surface area (Å²) in [5.41, 5.74) is 4.91. The van der Waals surface area contributed by atoms with Crippen LogP contribution in [0, 0.1) is 6.92 Å². The van der Waals surface area contributed by atoms with Crippen molar-refractivity contribution < 1.29 is 4.79 Å². The molecule has 1 N–H and O–H groups in total. The minimum Gasteiger partial charge on any atom is -0.372 e. The number of nitrogens with one attached hydrogen (secondary N) is 1. The Hall–Kier alpha value is -2.56. The smallest absolute Gasteiger partial charge is 0.272 e. The second-order valence-corrected chi connectivity index (χ2v) is 7.44. The fourth-order valence-corrected chi connectivity index (χ4v) is 3.76. The molecule has 28 heavy (non-hydrogen) atoms. The lowest BCUT2D eigenvalue weighted by Gasteiger charge is -2.22. The summed E-state index contributed by atoms with van der Waals surface area (Å²) in [7, 11) is 0. The molecule has 0 spiro atoms. The molecule has 0 aliphatic carbocycles. The van der Waals surface area contributed by atoms with Crippen LogP contribution in [0.5, 0.6) is 0 Å². The lowest BCUT2D eigenvalue weighted by atomic mass is 10.1. The van der Waals surface area contributed by atoms with Crippen molar-refractivity contribution in [3.63, 3.8) is 0 Å². The Bertz CT molecular complexity index is 776. The zero-order valence-electron chi connectivity index (χ0n) is 17.4. The highest BCUT2D eigenvalue weighted by molar-refractivity contribution is 5.92. The second kappa shape index (κ2) is 9.58. The van der Waals surface area contributed by atoms with Gasteiger partial charge in [-0.25, -0.2) is 4.98 Å². The number of anilines is 3. The van der Waals surface area contributed by atoms with Crippen LogP contribution >= 0.6 is 0 Å². The summed E-state index contributed by atoms with van der Waals surface area (Å²) < 4.78 is 0. The normalized spacial score (nSPS) is 14.5. The monoisotopic (exact) mass is 380 g/mol. The van der Waals surface area contributed by atoms with Gasteiger partial charge in [0.1, 0.15) is 5.69 Å². The summed E-state index contributed by atoms with van der Waals surface area (Å²) in [6, 6.07) is 10.2. The van der Waals surface area contributed by atoms with Gasteiger partial charge in [0.05, 0.1) is 11.9 Å². The van der Waals surface area contributed by atoms with Crippen LogP contribution in [0.2, 0.25) is 0 Å². The number of rotatable bonds is 6. The molecule has 1 amide bonds. The van der Waals surface area contributed by atoms with E-state index in [0.29, 0.717) is 5.69 Å². The van der Waals surface area contributed by atoms with Gasteiger partial charge < -0.3 is 15.1 Å². The molecule has 3 rings (SSSR count). The molecule has 1 fully saturated rings. The first kappa shape index (κ1) is 20.2. The Morgan fingerprint density at radius 1 is 1.07 bits per heavy atom. The van der Waals surface area contributed by atoms with Crippen LogP contribution in [-0.2, 0) is 0 Å². The maximum atomic E-state index is 12.7. The Morgan fingerprint density at radius 3 is 2.36 bits per heavy atom. The third kappa shape index (κ3) is 4.83. The molecule has 1 aliphatic heterocycles. The zero-order chi connectivity index (χ0) is 19.9. The molecule has 2 aromatic rings. The van der Waals surface area contributed by atoms with Crippen LogP contribution in [0.25, 0.3) is 0 Å². The van der Waals surface area contributed by atoms with Crippen molar-refractivity contribution in [1.82, 2.24) is 9.88 Å². The minimum absolute atomic E-state index is 0.0493. The fraction of sp³-hybridized carbons (Fsp3) is 0.478. The van der Waals surface area contributed by atoms with Crippen molar-refractivity contribution in [3.05, 3.63) is 47.8 Å². The number of pyridine rings is 1. The summed E-state index contributed by atoms with van der Waals surface area (Å²) in [6.45, 7) is 10.1. The van der Waals surface area contributed by atoms with E-state index in [-0.39, 0.29) is 5.91 Å². The highest BCUT2D eigenvalue weighted by Gasteiger charge is 2.18. The summed E-state index contributed by atoms with van der Waals surface area (Å²) in [4.78, 5) is 21.4. The third-order valence-electron chi connectivity index (χ3n) is 5.49. The molecule has 150 valence electrons. The average Bonchev–Trinajstić information content (AvgIpc) is 3.00. The van der Waals surface area contributed by atoms with E-state index < -0.39 is 0 Å². The van der Waals surface area contributed by atoms with E-state index in [0.717, 1.165) is 50.4 Å². The number of nitrogens with zero attached hydrogens (tertiary/aromatic N) is 3. The molecule has 0 saturated carbocycles. The lowest BCUT2D eigenvalue weighted by molar-refractivity contribution is 0.0756. The van der Waals surface area contributed by atoms with Crippen LogP contribution in [0.1, 0.15) is 55.6 Å². The second-order valence-electron chi connectivity index (χ2n) is 7.44. The van der Waals surface area contributed by atoms with E-state index in [1.54, 1.807) is 6.20 Å². The van der Waals surface area contributed by atoms with E-state index in [1.165, 1.54) is 24.1 Å². The Kier molecular flexibility index (Phi) is 6.90. The molecule has 1 aliphatic rings. The van der Waals surface area contributed by atoms with Crippen molar-refractivity contribution in [2.24, 2.45) is 0 Å². The molecule has 0 bridgehead atoms. The van der Waals surface area contributed by atoms with Crippen LogP contribution in [0.3, 0.4) is 0 Å². The molecule has 2 heterocycles. The topological polar surface area (TPSA) is 48.5 Å². The van der Waals surface area contributed by atoms with Gasteiger partial charge in [0, 0.05) is 37.6 Å². The molecule has 5 heteroatoms. The molecular weight excluding hydrogens is 348 g/mol. The third-order valence-corrected chi connectivity index (χ3v) is 5.49. The zero-order valence-corrected chi connectivity index (χ0v) is 17.4. The summed E-state index contributed by atoms with van der Waals surface area (Å²) in [5, 5.41) is 3.42. The SMILES string of the molecule is CCN(CC)c1ccc(Nc2ccc(C(=O)N3CCCCCC3)nc2)c(C)c1. The van der Waals surface area contributed by atoms with Crippen LogP contribution in [-0.4, -0.2) is 42.0 Å². The average molecular weight is 381 g/mol. The number of benzene rings is 1. The standard InChI is InChI=1S/C23H32N4O/c1-4-26(5-2)20-11-13-21(18(3)16-20)25-19-10-12-22(24-17-19)23(28)27-14-8-6-7-9-15-27/h10-13,16-17,25H,4-9,14-15H2,1-3H3. The molecule has 1 aromatic carbocycles. The summed E-state index contributed by atoms with van der Waals surface area (Å²) in [6.07, 6.45) is 6.37. The lowest BCUT2D eigenvalue weighted by Crippen LogP contribution is -2.32. The number of likely N-dealkylation sites (tertiary alicyclic amines) is 1. The van der Waals surface area contributed by atoms with E-state index in [1.807, 2.05) is 17.0 Å². The van der Waals surface area contributed by atoms with Gasteiger partial charge in [0.2, 0.25) is 0 Å². The fourth-order valence-electron chi connectivity index (χ4n) is 3.76. The Morgan fingerprint density at radius 2 is 1.79 bits per heavy atom. The maximum Gasteiger partial charge on any atom is 0.272 e. The van der Waals surface area contributed by atoms with Gasteiger partial charge in [-0.05, 0) is 69.5 Å². The van der Waals surface area contributed by atoms with E-state index in [9.17, 15) is 4.79 Å². The van der Waals surface area contributed by atoms with E-state index in [4.69, 9.17) is 0 Å². The predicted octanol–water partition coefficient (Wildman–Crippen LogP) is 5.00. The van der Waals surface area contributed by atoms with E-state index >= 15 is 0 Å². The van der Waals surface area contributed by atoms with E-state index in [2.05, 4.69) is 54.2 Å². The van der Waals surface area contributed by atoms with Crippen molar-refractivity contribution in [2.75, 3.05) is 36.4 Å². The first-order valence-corrected chi connectivity index (χ1v) is 10.5. The van der Waals surface area contributed by atoms with Gasteiger partial charge in [0.15, 0.2) is 0 Å². The van der Waals surface area contributed by atoms with Gasteiger partial charge >= 0.3 is 0 Å². The Balaban J connectivity index is 1.68. The molecule has 1 saturated heterocycles. The predicted molar refractivity (Wildman–Crippen MR) is 117 cm³/mol. The van der Waals surface area contributed by atoms with Crippen molar-refractivity contribution in [3.8, 4) is 0 Å². The van der Waals surface area contributed by atoms with Crippen LogP contribution in [0.4, 0.5) is 17.1 Å². The molecule has 1 aromatic heterocycles. The van der Waals surface area contributed by atoms with Gasteiger partial charge in [0.25, 0.3) is 5.91 Å². The highest BCUT2D eigenvalue weighted by Crippen LogP contribution is 2.25. The first-order valence-electron chi connectivity index (χ1n) is 10.5. The number of aryl methyl sites for hydroxylation is 1. The number of amides is 1. The number of aromatic nitrogens is 1. The van der Waals surface area contributed by atoms with Crippen molar-refractivity contribution >= 4 is 23.0 Å². The summed E-state index contributed by atoms with van der Waals surface area (Å²) in [5.74, 6) is 0.0493. The molecule has 0 atom stereocenters. The summed E-state index contributed by atoms with van der Waals surface area (Å²) >= 11 is 0. The van der Waals surface area contributed by atoms with Gasteiger partial charge in [-0.1, -0.05) is 12.8 Å². The number of carbonyl (C=O) groups is 1. The molecule has 0 radical (unpaired) electrons. The number of hydrogen-bond donors (Lipinski definition) is 1. The van der Waals surface area contributed by atoms with Crippen LogP contribution < -0.4 is 10.2 Å². The molecule has 0 unspecified atom stereocenters. The van der Waals surface area contributed by atoms with Crippen LogP contribution in [0.15, 0.2) is 36.5 Å². The molecule has 5 nitrogen and oxygen atoms in total. The quantitative estimate of drug-likeness (QED) is 0.766. The number of carbonyl (C=O) groups excluding carboxylic acids is 1. The number of hydrogen-bond acceptors (Lipinski definition) is 4. The van der Waals surface area contributed by atoms with Gasteiger partial charge in [-0.15, -0.1) is 0 Å².